The van der Waals surface area contributed by atoms with Crippen LogP contribution in [0.5, 0.6) is 0 Å². The highest BCUT2D eigenvalue weighted by Gasteiger charge is 2.18. The molecule has 88 valence electrons. The summed E-state index contributed by atoms with van der Waals surface area (Å²) in [6.45, 7) is 2.09. The molecule has 1 fully saturated rings. The fourth-order valence-corrected chi connectivity index (χ4v) is 2.52. The van der Waals surface area contributed by atoms with Crippen LogP contribution in [0, 0.1) is 6.92 Å². The molecule has 0 unspecified atom stereocenters. The Balaban J connectivity index is 1.96. The molecular weight excluding hydrogens is 266 g/mol. The molecule has 0 radical (unpaired) electrons. The number of aliphatic hydroxyl groups excluding tert-OH is 1. The minimum absolute atomic E-state index is 0.0807. The Kier molecular flexibility index (Phi) is 3.87. The van der Waals surface area contributed by atoms with E-state index in [-0.39, 0.29) is 6.10 Å². The average molecular weight is 284 g/mol. The van der Waals surface area contributed by atoms with Crippen LogP contribution < -0.4 is 5.32 Å². The Morgan fingerprint density at radius 1 is 1.25 bits per heavy atom. The molecule has 3 heteroatoms. The molecule has 2 N–H and O–H groups in total. The molecule has 1 aromatic rings. The second-order valence-electron chi connectivity index (χ2n) is 4.61. The van der Waals surface area contributed by atoms with Crippen molar-refractivity contribution in [2.45, 2.75) is 44.8 Å². The minimum atomic E-state index is -0.0807. The van der Waals surface area contributed by atoms with Crippen LogP contribution in [0.15, 0.2) is 22.7 Å². The number of hydrogen-bond donors (Lipinski definition) is 2. The molecule has 0 saturated heterocycles. The molecule has 1 aliphatic carbocycles. The van der Waals surface area contributed by atoms with Crippen molar-refractivity contribution in [2.75, 3.05) is 5.32 Å². The van der Waals surface area contributed by atoms with Gasteiger partial charge in [-0.1, -0.05) is 22.0 Å². The topological polar surface area (TPSA) is 32.3 Å². The van der Waals surface area contributed by atoms with Gasteiger partial charge < -0.3 is 10.4 Å². The second kappa shape index (κ2) is 5.19. The third kappa shape index (κ3) is 2.98. The summed E-state index contributed by atoms with van der Waals surface area (Å²) in [5.41, 5.74) is 2.42. The molecule has 2 rings (SSSR count). The van der Waals surface area contributed by atoms with Gasteiger partial charge in [-0.15, -0.1) is 0 Å². The lowest BCUT2D eigenvalue weighted by Crippen LogP contribution is -2.28. The van der Waals surface area contributed by atoms with Gasteiger partial charge >= 0.3 is 0 Å². The monoisotopic (exact) mass is 283 g/mol. The van der Waals surface area contributed by atoms with E-state index in [0.29, 0.717) is 6.04 Å². The summed E-state index contributed by atoms with van der Waals surface area (Å²) >= 11 is 3.54. The van der Waals surface area contributed by atoms with Crippen molar-refractivity contribution in [3.63, 3.8) is 0 Å². The number of nitrogens with one attached hydrogen (secondary N) is 1. The second-order valence-corrected chi connectivity index (χ2v) is 5.47. The quantitative estimate of drug-likeness (QED) is 0.871. The molecule has 0 heterocycles. The Morgan fingerprint density at radius 2 is 1.94 bits per heavy atom. The highest BCUT2D eigenvalue weighted by Crippen LogP contribution is 2.25. The molecule has 0 aliphatic heterocycles. The third-order valence-corrected chi connectivity index (χ3v) is 4.09. The van der Waals surface area contributed by atoms with Gasteiger partial charge in [0, 0.05) is 16.2 Å². The van der Waals surface area contributed by atoms with Gasteiger partial charge in [0.15, 0.2) is 0 Å². The maximum absolute atomic E-state index is 9.44. The van der Waals surface area contributed by atoms with Gasteiger partial charge in [0.25, 0.3) is 0 Å². The van der Waals surface area contributed by atoms with Crippen molar-refractivity contribution in [3.05, 3.63) is 28.2 Å². The number of aryl methyl sites for hydroxylation is 1. The number of anilines is 1. The van der Waals surface area contributed by atoms with E-state index in [9.17, 15) is 5.11 Å². The number of benzene rings is 1. The van der Waals surface area contributed by atoms with E-state index in [4.69, 9.17) is 0 Å². The van der Waals surface area contributed by atoms with Crippen LogP contribution >= 0.6 is 15.9 Å². The minimum Gasteiger partial charge on any atom is -0.393 e. The van der Waals surface area contributed by atoms with Gasteiger partial charge in [0.2, 0.25) is 0 Å². The smallest absolute Gasteiger partial charge is 0.0541 e. The highest BCUT2D eigenvalue weighted by atomic mass is 79.9. The largest absolute Gasteiger partial charge is 0.393 e. The van der Waals surface area contributed by atoms with Crippen molar-refractivity contribution < 1.29 is 5.11 Å². The number of halogens is 1. The van der Waals surface area contributed by atoms with Gasteiger partial charge in [0.05, 0.1) is 6.10 Å². The summed E-state index contributed by atoms with van der Waals surface area (Å²) in [4.78, 5) is 0. The fourth-order valence-electron chi connectivity index (χ4n) is 2.14. The first kappa shape index (κ1) is 11.9. The van der Waals surface area contributed by atoms with Gasteiger partial charge in [0.1, 0.15) is 0 Å². The maximum Gasteiger partial charge on any atom is 0.0541 e. The number of rotatable bonds is 2. The van der Waals surface area contributed by atoms with Crippen LogP contribution in [0.25, 0.3) is 0 Å². The Morgan fingerprint density at radius 3 is 2.56 bits per heavy atom. The summed E-state index contributed by atoms with van der Waals surface area (Å²) in [6, 6.07) is 6.87. The van der Waals surface area contributed by atoms with Crippen LogP contribution in [0.2, 0.25) is 0 Å². The van der Waals surface area contributed by atoms with Gasteiger partial charge in [-0.2, -0.15) is 0 Å². The van der Waals surface area contributed by atoms with Crippen LogP contribution in [-0.2, 0) is 0 Å². The van der Waals surface area contributed by atoms with Gasteiger partial charge in [-0.25, -0.2) is 0 Å². The SMILES string of the molecule is Cc1ccc(NC2CCC(O)CC2)cc1Br. The van der Waals surface area contributed by atoms with Crippen LogP contribution in [0.4, 0.5) is 5.69 Å². The summed E-state index contributed by atoms with van der Waals surface area (Å²) in [7, 11) is 0. The van der Waals surface area contributed by atoms with Crippen LogP contribution in [-0.4, -0.2) is 17.3 Å². The lowest BCUT2D eigenvalue weighted by Gasteiger charge is -2.27. The van der Waals surface area contributed by atoms with E-state index >= 15 is 0 Å². The molecule has 16 heavy (non-hydrogen) atoms. The van der Waals surface area contributed by atoms with Crippen molar-refractivity contribution in [2.24, 2.45) is 0 Å². The third-order valence-electron chi connectivity index (χ3n) is 3.24. The van der Waals surface area contributed by atoms with Crippen LogP contribution in [0.3, 0.4) is 0 Å². The molecule has 0 atom stereocenters. The molecule has 0 spiro atoms. The Bertz CT molecular complexity index is 359. The van der Waals surface area contributed by atoms with E-state index in [1.54, 1.807) is 0 Å². The molecule has 0 amide bonds. The lowest BCUT2D eigenvalue weighted by atomic mass is 9.93. The molecule has 1 aliphatic rings. The fraction of sp³-hybridized carbons (Fsp3) is 0.538. The number of hydrogen-bond acceptors (Lipinski definition) is 2. The Hall–Kier alpha value is -0.540. The first-order chi connectivity index (χ1) is 7.65. The van der Waals surface area contributed by atoms with Crippen molar-refractivity contribution >= 4 is 21.6 Å². The molecule has 0 bridgehead atoms. The van der Waals surface area contributed by atoms with Crippen molar-refractivity contribution in [1.29, 1.82) is 0 Å². The van der Waals surface area contributed by atoms with Gasteiger partial charge in [-0.05, 0) is 50.3 Å². The molecule has 1 aromatic carbocycles. The predicted molar refractivity (Wildman–Crippen MR) is 70.8 cm³/mol. The summed E-state index contributed by atoms with van der Waals surface area (Å²) in [5.74, 6) is 0. The molecule has 1 saturated carbocycles. The zero-order valence-corrected chi connectivity index (χ0v) is 11.1. The van der Waals surface area contributed by atoms with E-state index in [2.05, 4.69) is 46.4 Å². The molecular formula is C13H18BrNO. The van der Waals surface area contributed by atoms with Crippen molar-refractivity contribution in [3.8, 4) is 0 Å². The van der Waals surface area contributed by atoms with E-state index in [1.807, 2.05) is 0 Å². The van der Waals surface area contributed by atoms with E-state index in [1.165, 1.54) is 11.3 Å². The highest BCUT2D eigenvalue weighted by molar-refractivity contribution is 9.10. The van der Waals surface area contributed by atoms with E-state index in [0.717, 1.165) is 30.2 Å². The summed E-state index contributed by atoms with van der Waals surface area (Å²) < 4.78 is 1.15. The molecule has 0 aromatic heterocycles. The average Bonchev–Trinajstić information content (AvgIpc) is 2.27. The van der Waals surface area contributed by atoms with Gasteiger partial charge in [-0.3, -0.25) is 0 Å². The Labute approximate surface area is 105 Å². The zero-order valence-electron chi connectivity index (χ0n) is 9.54. The predicted octanol–water partition coefficient (Wildman–Crippen LogP) is 3.47. The van der Waals surface area contributed by atoms with E-state index < -0.39 is 0 Å². The summed E-state index contributed by atoms with van der Waals surface area (Å²) in [6.07, 6.45) is 3.89. The first-order valence-corrected chi connectivity index (χ1v) is 6.65. The summed E-state index contributed by atoms with van der Waals surface area (Å²) in [5, 5.41) is 13.0. The normalized spacial score (nSPS) is 25.4. The standard InChI is InChI=1S/C13H18BrNO/c1-9-2-3-11(8-13(9)14)15-10-4-6-12(16)7-5-10/h2-3,8,10,12,15-16H,4-7H2,1H3. The molecule has 2 nitrogen and oxygen atoms in total. The zero-order chi connectivity index (χ0) is 11.5. The van der Waals surface area contributed by atoms with Crippen LogP contribution in [0.1, 0.15) is 31.2 Å². The van der Waals surface area contributed by atoms with Crippen molar-refractivity contribution in [1.82, 2.24) is 0 Å². The number of aliphatic hydroxyl groups is 1. The maximum atomic E-state index is 9.44. The lowest BCUT2D eigenvalue weighted by molar-refractivity contribution is 0.126. The first-order valence-electron chi connectivity index (χ1n) is 5.86.